The minimum atomic E-state index is 0.706. The quantitative estimate of drug-likeness (QED) is 0.715. The Kier molecular flexibility index (Phi) is 2.15. The van der Waals surface area contributed by atoms with Gasteiger partial charge in [0.1, 0.15) is 0 Å². The van der Waals surface area contributed by atoms with Gasteiger partial charge in [0.2, 0.25) is 0 Å². The zero-order valence-corrected chi connectivity index (χ0v) is 8.16. The summed E-state index contributed by atoms with van der Waals surface area (Å²) in [6.07, 6.45) is 3.53. The SMILES string of the molecule is Cc1nc2c(s1)CC(CN)CC2. The van der Waals surface area contributed by atoms with Crippen LogP contribution in [0.25, 0.3) is 0 Å². The van der Waals surface area contributed by atoms with Crippen molar-refractivity contribution in [1.82, 2.24) is 4.98 Å². The topological polar surface area (TPSA) is 38.9 Å². The number of aryl methyl sites for hydroxylation is 2. The summed E-state index contributed by atoms with van der Waals surface area (Å²) in [7, 11) is 0. The number of hydrogen-bond donors (Lipinski definition) is 1. The fourth-order valence-corrected chi connectivity index (χ4v) is 2.87. The lowest BCUT2D eigenvalue weighted by Crippen LogP contribution is -2.21. The summed E-state index contributed by atoms with van der Waals surface area (Å²) < 4.78 is 0. The Bertz CT molecular complexity index is 280. The van der Waals surface area contributed by atoms with Gasteiger partial charge in [-0.25, -0.2) is 4.98 Å². The number of nitrogens with zero attached hydrogens (tertiary/aromatic N) is 1. The van der Waals surface area contributed by atoms with E-state index >= 15 is 0 Å². The van der Waals surface area contributed by atoms with Crippen molar-refractivity contribution in [3.8, 4) is 0 Å². The minimum Gasteiger partial charge on any atom is -0.330 e. The highest BCUT2D eigenvalue weighted by atomic mass is 32.1. The minimum absolute atomic E-state index is 0.706. The van der Waals surface area contributed by atoms with E-state index in [1.54, 1.807) is 0 Å². The summed E-state index contributed by atoms with van der Waals surface area (Å²) in [5.74, 6) is 0.706. The van der Waals surface area contributed by atoms with E-state index in [2.05, 4.69) is 11.9 Å². The lowest BCUT2D eigenvalue weighted by molar-refractivity contribution is 0.469. The second kappa shape index (κ2) is 3.15. The van der Waals surface area contributed by atoms with Crippen LogP contribution >= 0.6 is 11.3 Å². The van der Waals surface area contributed by atoms with Crippen molar-refractivity contribution in [2.24, 2.45) is 11.7 Å². The molecule has 2 rings (SSSR count). The first-order chi connectivity index (χ1) is 5.79. The second-order valence-corrected chi connectivity index (χ2v) is 4.74. The Hall–Kier alpha value is -0.410. The summed E-state index contributed by atoms with van der Waals surface area (Å²) in [5, 5.41) is 1.21. The molecule has 1 heterocycles. The largest absolute Gasteiger partial charge is 0.330 e. The van der Waals surface area contributed by atoms with E-state index in [0.717, 1.165) is 19.4 Å². The lowest BCUT2D eigenvalue weighted by atomic mass is 9.91. The number of rotatable bonds is 1. The van der Waals surface area contributed by atoms with E-state index in [0.29, 0.717) is 5.92 Å². The van der Waals surface area contributed by atoms with Gasteiger partial charge in [0.25, 0.3) is 0 Å². The van der Waals surface area contributed by atoms with Gasteiger partial charge in [-0.05, 0) is 38.6 Å². The van der Waals surface area contributed by atoms with Crippen molar-refractivity contribution in [2.75, 3.05) is 6.54 Å². The first-order valence-electron chi connectivity index (χ1n) is 4.45. The molecule has 0 aromatic carbocycles. The molecule has 12 heavy (non-hydrogen) atoms. The highest BCUT2D eigenvalue weighted by Crippen LogP contribution is 2.28. The predicted octanol–water partition coefficient (Wildman–Crippen LogP) is 1.52. The van der Waals surface area contributed by atoms with E-state index in [4.69, 9.17) is 5.73 Å². The molecule has 1 aromatic heterocycles. The molecule has 0 radical (unpaired) electrons. The molecular weight excluding hydrogens is 168 g/mol. The molecule has 1 unspecified atom stereocenters. The molecule has 3 heteroatoms. The maximum absolute atomic E-state index is 5.65. The Morgan fingerprint density at radius 2 is 2.50 bits per heavy atom. The molecule has 1 aliphatic carbocycles. The maximum Gasteiger partial charge on any atom is 0.0900 e. The summed E-state index contributed by atoms with van der Waals surface area (Å²) >= 11 is 1.84. The van der Waals surface area contributed by atoms with Crippen LogP contribution < -0.4 is 5.73 Å². The molecule has 2 N–H and O–H groups in total. The van der Waals surface area contributed by atoms with E-state index in [1.165, 1.54) is 22.0 Å². The highest BCUT2D eigenvalue weighted by Gasteiger charge is 2.20. The molecule has 0 bridgehead atoms. The van der Waals surface area contributed by atoms with Crippen molar-refractivity contribution in [1.29, 1.82) is 0 Å². The first-order valence-corrected chi connectivity index (χ1v) is 5.26. The summed E-state index contributed by atoms with van der Waals surface area (Å²) in [6.45, 7) is 2.91. The summed E-state index contributed by atoms with van der Waals surface area (Å²) in [6, 6.07) is 0. The van der Waals surface area contributed by atoms with Crippen molar-refractivity contribution < 1.29 is 0 Å². The van der Waals surface area contributed by atoms with E-state index in [-0.39, 0.29) is 0 Å². The molecule has 0 saturated heterocycles. The first kappa shape index (κ1) is 8.20. The highest BCUT2D eigenvalue weighted by molar-refractivity contribution is 7.11. The lowest BCUT2D eigenvalue weighted by Gasteiger charge is -2.18. The van der Waals surface area contributed by atoms with Crippen molar-refractivity contribution in [3.05, 3.63) is 15.6 Å². The number of fused-ring (bicyclic) bond motifs is 1. The average molecular weight is 182 g/mol. The van der Waals surface area contributed by atoms with Gasteiger partial charge in [-0.1, -0.05) is 0 Å². The fraction of sp³-hybridized carbons (Fsp3) is 0.667. The Morgan fingerprint density at radius 1 is 1.67 bits per heavy atom. The number of aromatic nitrogens is 1. The van der Waals surface area contributed by atoms with E-state index in [9.17, 15) is 0 Å². The van der Waals surface area contributed by atoms with Gasteiger partial charge in [-0.2, -0.15) is 0 Å². The van der Waals surface area contributed by atoms with Gasteiger partial charge < -0.3 is 5.73 Å². The van der Waals surface area contributed by atoms with Gasteiger partial charge in [0.15, 0.2) is 0 Å². The van der Waals surface area contributed by atoms with Crippen molar-refractivity contribution in [3.63, 3.8) is 0 Å². The molecule has 0 fully saturated rings. The Labute approximate surface area is 76.8 Å². The molecule has 1 aliphatic rings. The summed E-state index contributed by atoms with van der Waals surface area (Å²) in [5.41, 5.74) is 6.99. The Balaban J connectivity index is 2.22. The van der Waals surface area contributed by atoms with Crippen LogP contribution in [0, 0.1) is 12.8 Å². The molecular formula is C9H14N2S. The van der Waals surface area contributed by atoms with Gasteiger partial charge in [-0.3, -0.25) is 0 Å². The van der Waals surface area contributed by atoms with Crippen LogP contribution in [0.5, 0.6) is 0 Å². The molecule has 1 aromatic rings. The van der Waals surface area contributed by atoms with Crippen LogP contribution in [0.1, 0.15) is 22.0 Å². The molecule has 2 nitrogen and oxygen atoms in total. The van der Waals surface area contributed by atoms with Crippen LogP contribution in [-0.4, -0.2) is 11.5 Å². The van der Waals surface area contributed by atoms with E-state index in [1.807, 2.05) is 11.3 Å². The summed E-state index contributed by atoms with van der Waals surface area (Å²) in [4.78, 5) is 5.98. The number of hydrogen-bond acceptors (Lipinski definition) is 3. The van der Waals surface area contributed by atoms with Crippen LogP contribution in [0.4, 0.5) is 0 Å². The third-order valence-electron chi connectivity index (χ3n) is 2.48. The third kappa shape index (κ3) is 1.39. The normalized spacial score (nSPS) is 22.3. The maximum atomic E-state index is 5.65. The van der Waals surface area contributed by atoms with Crippen LogP contribution in [-0.2, 0) is 12.8 Å². The molecule has 0 aliphatic heterocycles. The smallest absolute Gasteiger partial charge is 0.0900 e. The molecule has 1 atom stereocenters. The van der Waals surface area contributed by atoms with Crippen LogP contribution in [0.2, 0.25) is 0 Å². The monoisotopic (exact) mass is 182 g/mol. The second-order valence-electron chi connectivity index (χ2n) is 3.45. The van der Waals surface area contributed by atoms with Gasteiger partial charge >= 0.3 is 0 Å². The molecule has 0 saturated carbocycles. The fourth-order valence-electron chi connectivity index (χ4n) is 1.77. The molecule has 0 spiro atoms. The van der Waals surface area contributed by atoms with Gasteiger partial charge in [-0.15, -0.1) is 11.3 Å². The van der Waals surface area contributed by atoms with Gasteiger partial charge in [0.05, 0.1) is 10.7 Å². The van der Waals surface area contributed by atoms with Crippen LogP contribution in [0.15, 0.2) is 0 Å². The number of nitrogens with two attached hydrogens (primary N) is 1. The van der Waals surface area contributed by atoms with Crippen LogP contribution in [0.3, 0.4) is 0 Å². The zero-order valence-electron chi connectivity index (χ0n) is 7.34. The zero-order chi connectivity index (χ0) is 8.55. The molecule has 66 valence electrons. The predicted molar refractivity (Wildman–Crippen MR) is 51.4 cm³/mol. The molecule has 0 amide bonds. The van der Waals surface area contributed by atoms with Crippen molar-refractivity contribution in [2.45, 2.75) is 26.2 Å². The Morgan fingerprint density at radius 3 is 3.25 bits per heavy atom. The van der Waals surface area contributed by atoms with Crippen molar-refractivity contribution >= 4 is 11.3 Å². The number of thiazole rings is 1. The van der Waals surface area contributed by atoms with E-state index < -0.39 is 0 Å². The average Bonchev–Trinajstić information content (AvgIpc) is 2.43. The van der Waals surface area contributed by atoms with Gasteiger partial charge in [0, 0.05) is 4.88 Å². The standard InChI is InChI=1S/C9H14N2S/c1-6-11-8-3-2-7(5-10)4-9(8)12-6/h7H,2-5,10H2,1H3. The third-order valence-corrected chi connectivity index (χ3v) is 3.52.